The molecule has 1 saturated heterocycles. The van der Waals surface area contributed by atoms with E-state index in [0.29, 0.717) is 12.6 Å². The van der Waals surface area contributed by atoms with Gasteiger partial charge in [-0.1, -0.05) is 0 Å². The third-order valence-corrected chi connectivity index (χ3v) is 3.44. The summed E-state index contributed by atoms with van der Waals surface area (Å²) in [6.07, 6.45) is 2.54. The lowest BCUT2D eigenvalue weighted by Gasteiger charge is -2.20. The molecule has 1 aliphatic heterocycles. The highest BCUT2D eigenvalue weighted by atomic mass is 16.5. The Morgan fingerprint density at radius 2 is 2.17 bits per heavy atom. The van der Waals surface area contributed by atoms with Crippen molar-refractivity contribution in [3.8, 4) is 5.75 Å². The van der Waals surface area contributed by atoms with Gasteiger partial charge >= 0.3 is 5.97 Å². The van der Waals surface area contributed by atoms with Gasteiger partial charge in [0.05, 0.1) is 5.56 Å². The van der Waals surface area contributed by atoms with Gasteiger partial charge in [0, 0.05) is 12.6 Å². The average Bonchev–Trinajstić information content (AvgIpc) is 2.76. The van der Waals surface area contributed by atoms with Crippen molar-refractivity contribution in [2.45, 2.75) is 25.8 Å². The summed E-state index contributed by atoms with van der Waals surface area (Å²) in [5, 5.41) is 8.78. The second-order valence-corrected chi connectivity index (χ2v) is 4.71. The number of carboxylic acid groups (broad SMARTS) is 1. The number of nitrogens with zero attached hydrogens (tertiary/aromatic N) is 1. The quantitative estimate of drug-likeness (QED) is 0.869. The van der Waals surface area contributed by atoms with Gasteiger partial charge in [-0.3, -0.25) is 4.90 Å². The van der Waals surface area contributed by atoms with E-state index in [4.69, 9.17) is 9.84 Å². The van der Waals surface area contributed by atoms with E-state index in [2.05, 4.69) is 11.8 Å². The maximum atomic E-state index is 10.7. The van der Waals surface area contributed by atoms with Gasteiger partial charge in [0.1, 0.15) is 12.4 Å². The fraction of sp³-hybridized carbons (Fsp3) is 0.500. The molecule has 0 bridgehead atoms. The summed E-state index contributed by atoms with van der Waals surface area (Å²) in [4.78, 5) is 13.1. The SMILES string of the molecule is CC1CCCN1CCOc1ccc(C(=O)O)cc1. The number of carboxylic acids is 1. The Morgan fingerprint density at radius 3 is 2.72 bits per heavy atom. The molecule has 0 aromatic heterocycles. The Bertz CT molecular complexity index is 402. The summed E-state index contributed by atoms with van der Waals surface area (Å²) < 4.78 is 5.62. The van der Waals surface area contributed by atoms with Crippen LogP contribution in [0.4, 0.5) is 0 Å². The molecule has 1 aliphatic rings. The molecule has 0 saturated carbocycles. The first-order valence-electron chi connectivity index (χ1n) is 6.37. The normalized spacial score (nSPS) is 19.9. The van der Waals surface area contributed by atoms with Crippen LogP contribution >= 0.6 is 0 Å². The molecule has 18 heavy (non-hydrogen) atoms. The zero-order valence-electron chi connectivity index (χ0n) is 10.6. The molecular formula is C14H19NO3. The summed E-state index contributed by atoms with van der Waals surface area (Å²) in [6, 6.07) is 7.20. The summed E-state index contributed by atoms with van der Waals surface area (Å²) in [6.45, 7) is 4.98. The van der Waals surface area contributed by atoms with Crippen LogP contribution in [0.5, 0.6) is 5.75 Å². The van der Waals surface area contributed by atoms with Crippen molar-refractivity contribution in [2.75, 3.05) is 19.7 Å². The van der Waals surface area contributed by atoms with Gasteiger partial charge in [-0.2, -0.15) is 0 Å². The number of hydrogen-bond acceptors (Lipinski definition) is 3. The average molecular weight is 249 g/mol. The Balaban J connectivity index is 1.78. The van der Waals surface area contributed by atoms with Gasteiger partial charge in [-0.05, 0) is 50.6 Å². The van der Waals surface area contributed by atoms with Crippen molar-refractivity contribution in [2.24, 2.45) is 0 Å². The van der Waals surface area contributed by atoms with E-state index in [1.165, 1.54) is 12.8 Å². The van der Waals surface area contributed by atoms with Crippen molar-refractivity contribution in [1.82, 2.24) is 4.90 Å². The second kappa shape index (κ2) is 5.87. The lowest BCUT2D eigenvalue weighted by atomic mass is 10.2. The number of aromatic carboxylic acids is 1. The van der Waals surface area contributed by atoms with Gasteiger partial charge in [0.2, 0.25) is 0 Å². The molecule has 98 valence electrons. The van der Waals surface area contributed by atoms with E-state index in [9.17, 15) is 4.79 Å². The Hall–Kier alpha value is -1.55. The number of ether oxygens (including phenoxy) is 1. The number of likely N-dealkylation sites (tertiary alicyclic amines) is 1. The highest BCUT2D eigenvalue weighted by Crippen LogP contribution is 2.16. The Morgan fingerprint density at radius 1 is 1.44 bits per heavy atom. The summed E-state index contributed by atoms with van der Waals surface area (Å²) in [5.74, 6) is -0.181. The third-order valence-electron chi connectivity index (χ3n) is 3.44. The molecule has 1 N–H and O–H groups in total. The van der Waals surface area contributed by atoms with Crippen LogP contribution in [-0.4, -0.2) is 41.7 Å². The number of benzene rings is 1. The predicted molar refractivity (Wildman–Crippen MR) is 69.2 cm³/mol. The Labute approximate surface area is 107 Å². The standard InChI is InChI=1S/C14H19NO3/c1-11-3-2-8-15(11)9-10-18-13-6-4-12(5-7-13)14(16)17/h4-7,11H,2-3,8-10H2,1H3,(H,16,17). The van der Waals surface area contributed by atoms with E-state index < -0.39 is 5.97 Å². The highest BCUT2D eigenvalue weighted by molar-refractivity contribution is 5.87. The maximum absolute atomic E-state index is 10.7. The van der Waals surface area contributed by atoms with E-state index in [-0.39, 0.29) is 5.56 Å². The topological polar surface area (TPSA) is 49.8 Å². The monoisotopic (exact) mass is 249 g/mol. The molecule has 1 aromatic carbocycles. The number of carbonyl (C=O) groups is 1. The van der Waals surface area contributed by atoms with Gasteiger partial charge in [-0.25, -0.2) is 4.79 Å². The molecule has 1 fully saturated rings. The van der Waals surface area contributed by atoms with Crippen LogP contribution in [0.3, 0.4) is 0 Å². The Kier molecular flexibility index (Phi) is 4.20. The fourth-order valence-electron chi connectivity index (χ4n) is 2.30. The molecular weight excluding hydrogens is 230 g/mol. The maximum Gasteiger partial charge on any atom is 0.335 e. The third kappa shape index (κ3) is 3.23. The summed E-state index contributed by atoms with van der Waals surface area (Å²) >= 11 is 0. The molecule has 2 rings (SSSR count). The largest absolute Gasteiger partial charge is 0.492 e. The molecule has 1 atom stereocenters. The van der Waals surface area contributed by atoms with Crippen LogP contribution in [-0.2, 0) is 0 Å². The molecule has 0 aliphatic carbocycles. The van der Waals surface area contributed by atoms with Crippen LogP contribution in [0.2, 0.25) is 0 Å². The zero-order valence-corrected chi connectivity index (χ0v) is 10.6. The van der Waals surface area contributed by atoms with Gasteiger partial charge in [-0.15, -0.1) is 0 Å². The fourth-order valence-corrected chi connectivity index (χ4v) is 2.30. The van der Waals surface area contributed by atoms with Crippen LogP contribution in [0.25, 0.3) is 0 Å². The van der Waals surface area contributed by atoms with Crippen molar-refractivity contribution in [1.29, 1.82) is 0 Å². The van der Waals surface area contributed by atoms with Gasteiger partial charge in [0.25, 0.3) is 0 Å². The molecule has 0 spiro atoms. The van der Waals surface area contributed by atoms with Crippen LogP contribution in [0, 0.1) is 0 Å². The minimum atomic E-state index is -0.910. The molecule has 0 amide bonds. The molecule has 1 unspecified atom stereocenters. The second-order valence-electron chi connectivity index (χ2n) is 4.71. The first-order valence-corrected chi connectivity index (χ1v) is 6.37. The van der Waals surface area contributed by atoms with E-state index in [1.807, 2.05) is 0 Å². The van der Waals surface area contributed by atoms with E-state index in [0.717, 1.165) is 18.8 Å². The van der Waals surface area contributed by atoms with E-state index in [1.54, 1.807) is 24.3 Å². The number of rotatable bonds is 5. The van der Waals surface area contributed by atoms with Crippen LogP contribution in [0.1, 0.15) is 30.1 Å². The van der Waals surface area contributed by atoms with Crippen LogP contribution in [0.15, 0.2) is 24.3 Å². The minimum Gasteiger partial charge on any atom is -0.492 e. The van der Waals surface area contributed by atoms with Crippen molar-refractivity contribution in [3.05, 3.63) is 29.8 Å². The first kappa shape index (κ1) is 12.9. The lowest BCUT2D eigenvalue weighted by molar-refractivity contribution is 0.0697. The van der Waals surface area contributed by atoms with Crippen molar-refractivity contribution < 1.29 is 14.6 Å². The van der Waals surface area contributed by atoms with Crippen LogP contribution < -0.4 is 4.74 Å². The highest BCUT2D eigenvalue weighted by Gasteiger charge is 2.19. The van der Waals surface area contributed by atoms with Gasteiger partial charge in [0.15, 0.2) is 0 Å². The van der Waals surface area contributed by atoms with Gasteiger partial charge < -0.3 is 9.84 Å². The molecule has 4 heteroatoms. The van der Waals surface area contributed by atoms with E-state index >= 15 is 0 Å². The molecule has 1 heterocycles. The molecule has 1 aromatic rings. The van der Waals surface area contributed by atoms with Crippen molar-refractivity contribution in [3.63, 3.8) is 0 Å². The first-order chi connectivity index (χ1) is 8.66. The van der Waals surface area contributed by atoms with Crippen molar-refractivity contribution >= 4 is 5.97 Å². The molecule has 0 radical (unpaired) electrons. The zero-order chi connectivity index (χ0) is 13.0. The number of hydrogen-bond donors (Lipinski definition) is 1. The minimum absolute atomic E-state index is 0.288. The smallest absolute Gasteiger partial charge is 0.335 e. The summed E-state index contributed by atoms with van der Waals surface area (Å²) in [7, 11) is 0. The summed E-state index contributed by atoms with van der Waals surface area (Å²) in [5.41, 5.74) is 0.288. The predicted octanol–water partition coefficient (Wildman–Crippen LogP) is 2.25. The lowest BCUT2D eigenvalue weighted by Crippen LogP contribution is -2.31. The molecule has 4 nitrogen and oxygen atoms in total.